The number of anilines is 1. The zero-order chi connectivity index (χ0) is 14.1. The summed E-state index contributed by atoms with van der Waals surface area (Å²) in [4.78, 5) is 8.48. The summed E-state index contributed by atoms with van der Waals surface area (Å²) in [6, 6.07) is 3.90. The second kappa shape index (κ2) is 5.35. The van der Waals surface area contributed by atoms with E-state index in [1.165, 1.54) is 6.07 Å². The first-order valence-electron chi connectivity index (χ1n) is 6.90. The molecule has 2 fully saturated rings. The minimum atomic E-state index is -0.481. The predicted octanol–water partition coefficient (Wildman–Crippen LogP) is 0.738. The number of rotatable bonds is 2. The van der Waals surface area contributed by atoms with Crippen LogP contribution in [0.2, 0.25) is 0 Å². The van der Waals surface area contributed by atoms with E-state index in [0.29, 0.717) is 11.9 Å². The molecule has 20 heavy (non-hydrogen) atoms. The van der Waals surface area contributed by atoms with Gasteiger partial charge in [-0.1, -0.05) is 0 Å². The number of aliphatic hydroxyl groups is 1. The van der Waals surface area contributed by atoms with E-state index >= 15 is 0 Å². The van der Waals surface area contributed by atoms with Gasteiger partial charge in [0.2, 0.25) is 0 Å². The number of nitrogens with zero attached hydrogens (tertiary/aromatic N) is 4. The van der Waals surface area contributed by atoms with Crippen LogP contribution in [0, 0.1) is 17.1 Å². The van der Waals surface area contributed by atoms with Gasteiger partial charge in [-0.2, -0.15) is 5.26 Å². The standard InChI is InChI=1S/C14H17FN4O/c15-11-5-10(6-16)14(17-7-11)18-3-4-19-12(8-18)1-2-13(19)9-20/h5,7,12-13,20H,1-4,8-9H2/t12?,13-/m1/s1. The Bertz CT molecular complexity index is 544. The first kappa shape index (κ1) is 13.3. The molecule has 5 nitrogen and oxygen atoms in total. The molecule has 3 heterocycles. The van der Waals surface area contributed by atoms with E-state index in [1.807, 2.05) is 6.07 Å². The van der Waals surface area contributed by atoms with Gasteiger partial charge in [0.1, 0.15) is 17.7 Å². The Kier molecular flexibility index (Phi) is 3.55. The van der Waals surface area contributed by atoms with Gasteiger partial charge in [0.15, 0.2) is 0 Å². The molecule has 0 radical (unpaired) electrons. The Morgan fingerprint density at radius 2 is 2.30 bits per heavy atom. The Morgan fingerprint density at radius 1 is 1.45 bits per heavy atom. The molecule has 6 heteroatoms. The summed E-state index contributed by atoms with van der Waals surface area (Å²) in [7, 11) is 0. The largest absolute Gasteiger partial charge is 0.395 e. The van der Waals surface area contributed by atoms with Crippen molar-refractivity contribution in [2.24, 2.45) is 0 Å². The van der Waals surface area contributed by atoms with Crippen molar-refractivity contribution in [1.29, 1.82) is 5.26 Å². The van der Waals surface area contributed by atoms with Crippen molar-refractivity contribution < 1.29 is 9.50 Å². The first-order chi connectivity index (χ1) is 9.72. The highest BCUT2D eigenvalue weighted by Crippen LogP contribution is 2.29. The van der Waals surface area contributed by atoms with Crippen LogP contribution in [0.1, 0.15) is 18.4 Å². The topological polar surface area (TPSA) is 63.4 Å². The number of halogens is 1. The normalized spacial score (nSPS) is 26.4. The van der Waals surface area contributed by atoms with E-state index in [1.54, 1.807) is 0 Å². The molecule has 3 rings (SSSR count). The van der Waals surface area contributed by atoms with Crippen LogP contribution in [-0.4, -0.2) is 53.3 Å². The van der Waals surface area contributed by atoms with Gasteiger partial charge in [0.25, 0.3) is 0 Å². The molecule has 0 saturated carbocycles. The Morgan fingerprint density at radius 3 is 3.05 bits per heavy atom. The quantitative estimate of drug-likeness (QED) is 0.863. The number of piperazine rings is 1. The zero-order valence-electron chi connectivity index (χ0n) is 11.2. The van der Waals surface area contributed by atoms with Crippen molar-refractivity contribution in [3.8, 4) is 6.07 Å². The number of hydrogen-bond donors (Lipinski definition) is 1. The summed E-state index contributed by atoms with van der Waals surface area (Å²) in [5.41, 5.74) is 0.287. The Labute approximate surface area is 117 Å². The minimum Gasteiger partial charge on any atom is -0.395 e. The van der Waals surface area contributed by atoms with Crippen molar-refractivity contribution in [1.82, 2.24) is 9.88 Å². The Hall–Kier alpha value is -1.71. The fourth-order valence-corrected chi connectivity index (χ4v) is 3.31. The van der Waals surface area contributed by atoms with E-state index in [-0.39, 0.29) is 18.2 Å². The second-order valence-corrected chi connectivity index (χ2v) is 5.39. The maximum atomic E-state index is 13.1. The third kappa shape index (κ3) is 2.23. The summed E-state index contributed by atoms with van der Waals surface area (Å²) >= 11 is 0. The smallest absolute Gasteiger partial charge is 0.146 e. The minimum absolute atomic E-state index is 0.203. The Balaban J connectivity index is 1.79. The molecule has 2 saturated heterocycles. The van der Waals surface area contributed by atoms with Gasteiger partial charge in [0.05, 0.1) is 18.4 Å². The first-order valence-corrected chi connectivity index (χ1v) is 6.90. The van der Waals surface area contributed by atoms with Gasteiger partial charge in [-0.25, -0.2) is 9.37 Å². The average Bonchev–Trinajstić information content (AvgIpc) is 2.89. The molecule has 0 aromatic carbocycles. The van der Waals surface area contributed by atoms with Crippen molar-refractivity contribution in [3.63, 3.8) is 0 Å². The van der Waals surface area contributed by atoms with E-state index < -0.39 is 5.82 Å². The average molecular weight is 276 g/mol. The van der Waals surface area contributed by atoms with E-state index in [4.69, 9.17) is 5.26 Å². The van der Waals surface area contributed by atoms with Crippen LogP contribution in [0.5, 0.6) is 0 Å². The number of aromatic nitrogens is 1. The van der Waals surface area contributed by atoms with Crippen LogP contribution in [-0.2, 0) is 0 Å². The molecular weight excluding hydrogens is 259 g/mol. The van der Waals surface area contributed by atoms with Crippen LogP contribution < -0.4 is 4.90 Å². The highest BCUT2D eigenvalue weighted by atomic mass is 19.1. The SMILES string of the molecule is N#Cc1cc(F)cnc1N1CCN2C(CC[C@@H]2CO)C1. The summed E-state index contributed by atoms with van der Waals surface area (Å²) < 4.78 is 13.1. The van der Waals surface area contributed by atoms with Crippen molar-refractivity contribution in [3.05, 3.63) is 23.6 Å². The highest BCUT2D eigenvalue weighted by molar-refractivity contribution is 5.54. The summed E-state index contributed by atoms with van der Waals surface area (Å²) in [5, 5.41) is 18.5. The second-order valence-electron chi connectivity index (χ2n) is 5.39. The molecule has 1 aromatic rings. The maximum absolute atomic E-state index is 13.1. The summed E-state index contributed by atoms with van der Waals surface area (Å²) in [6.07, 6.45) is 3.22. The van der Waals surface area contributed by atoms with Gasteiger partial charge in [-0.05, 0) is 18.9 Å². The van der Waals surface area contributed by atoms with Crippen molar-refractivity contribution in [2.45, 2.75) is 24.9 Å². The molecule has 0 spiro atoms. The third-order valence-corrected chi connectivity index (χ3v) is 4.29. The predicted molar refractivity (Wildman–Crippen MR) is 71.7 cm³/mol. The van der Waals surface area contributed by atoms with Crippen LogP contribution in [0.15, 0.2) is 12.3 Å². The molecule has 0 bridgehead atoms. The van der Waals surface area contributed by atoms with Gasteiger partial charge in [-0.3, -0.25) is 4.90 Å². The molecular formula is C14H17FN4O. The lowest BCUT2D eigenvalue weighted by molar-refractivity contribution is 0.120. The van der Waals surface area contributed by atoms with Crippen LogP contribution in [0.3, 0.4) is 0 Å². The maximum Gasteiger partial charge on any atom is 0.146 e. The van der Waals surface area contributed by atoms with Gasteiger partial charge < -0.3 is 10.0 Å². The molecule has 2 aliphatic rings. The lowest BCUT2D eigenvalue weighted by atomic mass is 10.1. The van der Waals surface area contributed by atoms with E-state index in [9.17, 15) is 9.50 Å². The molecule has 0 aliphatic carbocycles. The number of aliphatic hydroxyl groups excluding tert-OH is 1. The molecule has 1 unspecified atom stereocenters. The number of pyridine rings is 1. The summed E-state index contributed by atoms with van der Waals surface area (Å²) in [6.45, 7) is 2.58. The summed E-state index contributed by atoms with van der Waals surface area (Å²) in [5.74, 6) is 0.0890. The van der Waals surface area contributed by atoms with Gasteiger partial charge >= 0.3 is 0 Å². The number of nitriles is 1. The van der Waals surface area contributed by atoms with Crippen molar-refractivity contribution in [2.75, 3.05) is 31.1 Å². The van der Waals surface area contributed by atoms with Gasteiger partial charge in [-0.15, -0.1) is 0 Å². The molecule has 0 amide bonds. The molecule has 2 atom stereocenters. The molecule has 1 aromatic heterocycles. The number of hydrogen-bond acceptors (Lipinski definition) is 5. The fraction of sp³-hybridized carbons (Fsp3) is 0.571. The lowest BCUT2D eigenvalue weighted by Gasteiger charge is -2.40. The fourth-order valence-electron chi connectivity index (χ4n) is 3.31. The monoisotopic (exact) mass is 276 g/mol. The van der Waals surface area contributed by atoms with Gasteiger partial charge in [0, 0.05) is 31.7 Å². The van der Waals surface area contributed by atoms with Crippen LogP contribution >= 0.6 is 0 Å². The van der Waals surface area contributed by atoms with Crippen LogP contribution in [0.4, 0.5) is 10.2 Å². The van der Waals surface area contributed by atoms with Crippen molar-refractivity contribution >= 4 is 5.82 Å². The van der Waals surface area contributed by atoms with E-state index in [0.717, 1.165) is 38.7 Å². The van der Waals surface area contributed by atoms with Crippen LogP contribution in [0.25, 0.3) is 0 Å². The molecule has 106 valence electrons. The molecule has 2 aliphatic heterocycles. The van der Waals surface area contributed by atoms with E-state index in [2.05, 4.69) is 14.8 Å². The number of fused-ring (bicyclic) bond motifs is 1. The molecule has 1 N–H and O–H groups in total. The third-order valence-electron chi connectivity index (χ3n) is 4.29. The zero-order valence-corrected chi connectivity index (χ0v) is 11.2. The highest BCUT2D eigenvalue weighted by Gasteiger charge is 2.37. The lowest BCUT2D eigenvalue weighted by Crippen LogP contribution is -2.53.